The van der Waals surface area contributed by atoms with Crippen molar-refractivity contribution in [2.45, 2.75) is 46.2 Å². The summed E-state index contributed by atoms with van der Waals surface area (Å²) in [6, 6.07) is 14.3. The number of carbonyl (C=O) groups is 1. The smallest absolute Gasteiger partial charge is 0.251 e. The minimum absolute atomic E-state index is 0.0788. The minimum Gasteiger partial charge on any atom is -0.490 e. The van der Waals surface area contributed by atoms with E-state index in [9.17, 15) is 4.79 Å². The highest BCUT2D eigenvalue weighted by Crippen LogP contribution is 2.28. The fraction of sp³-hybridized carbons (Fsp3) is 0.458. The number of amides is 1. The zero-order valence-corrected chi connectivity index (χ0v) is 17.7. The molecule has 3 rings (SSSR count). The number of ether oxygens (including phenoxy) is 2. The largest absolute Gasteiger partial charge is 0.490 e. The standard InChI is InChI=1S/C24H32N2O3/c1-4-21(26-14-13-18-9-7-8-10-20(18)17-26)16-25-24(27)19-11-12-22(28-5-2)23(15-19)29-6-3/h7-12,15,21H,4-6,13-14,16-17H2,1-3H3,(H,25,27). The van der Waals surface area contributed by atoms with Crippen LogP contribution in [0, 0.1) is 0 Å². The van der Waals surface area contributed by atoms with Crippen LogP contribution in [0.4, 0.5) is 0 Å². The van der Waals surface area contributed by atoms with Crippen LogP contribution < -0.4 is 14.8 Å². The zero-order valence-electron chi connectivity index (χ0n) is 17.7. The van der Waals surface area contributed by atoms with E-state index in [4.69, 9.17) is 9.47 Å². The first-order valence-electron chi connectivity index (χ1n) is 10.6. The maximum atomic E-state index is 12.7. The quantitative estimate of drug-likeness (QED) is 0.695. The summed E-state index contributed by atoms with van der Waals surface area (Å²) in [6.07, 6.45) is 2.06. The fourth-order valence-electron chi connectivity index (χ4n) is 3.87. The molecule has 0 saturated carbocycles. The molecule has 2 aromatic carbocycles. The molecule has 1 atom stereocenters. The molecule has 0 fully saturated rings. The van der Waals surface area contributed by atoms with Crippen molar-refractivity contribution in [3.8, 4) is 11.5 Å². The average molecular weight is 397 g/mol. The lowest BCUT2D eigenvalue weighted by Crippen LogP contribution is -2.45. The third-order valence-electron chi connectivity index (χ3n) is 5.45. The maximum absolute atomic E-state index is 12.7. The topological polar surface area (TPSA) is 50.8 Å². The highest BCUT2D eigenvalue weighted by atomic mass is 16.5. The Morgan fingerprint density at radius 3 is 2.48 bits per heavy atom. The molecular formula is C24H32N2O3. The van der Waals surface area contributed by atoms with Gasteiger partial charge in [-0.1, -0.05) is 31.2 Å². The number of nitrogens with zero attached hydrogens (tertiary/aromatic N) is 1. The Morgan fingerprint density at radius 1 is 1.03 bits per heavy atom. The molecule has 0 bridgehead atoms. The third kappa shape index (κ3) is 5.30. The van der Waals surface area contributed by atoms with Crippen molar-refractivity contribution in [3.63, 3.8) is 0 Å². The van der Waals surface area contributed by atoms with Gasteiger partial charge in [0.05, 0.1) is 13.2 Å². The monoisotopic (exact) mass is 396 g/mol. The summed E-state index contributed by atoms with van der Waals surface area (Å²) in [5.41, 5.74) is 3.44. The van der Waals surface area contributed by atoms with Gasteiger partial charge >= 0.3 is 0 Å². The molecule has 0 spiro atoms. The highest BCUT2D eigenvalue weighted by Gasteiger charge is 2.23. The SMILES string of the molecule is CCOc1ccc(C(=O)NCC(CC)N2CCc3ccccc3C2)cc1OCC. The van der Waals surface area contributed by atoms with Crippen LogP contribution in [0.5, 0.6) is 11.5 Å². The van der Waals surface area contributed by atoms with E-state index >= 15 is 0 Å². The number of rotatable bonds is 9. The van der Waals surface area contributed by atoms with Gasteiger partial charge in [0.15, 0.2) is 11.5 Å². The molecule has 1 heterocycles. The third-order valence-corrected chi connectivity index (χ3v) is 5.45. The highest BCUT2D eigenvalue weighted by molar-refractivity contribution is 5.94. The first-order chi connectivity index (χ1) is 14.2. The Kier molecular flexibility index (Phi) is 7.53. The Morgan fingerprint density at radius 2 is 1.76 bits per heavy atom. The van der Waals surface area contributed by atoms with Gasteiger partial charge in [-0.25, -0.2) is 0 Å². The molecule has 5 nitrogen and oxygen atoms in total. The Bertz CT molecular complexity index is 822. The summed E-state index contributed by atoms with van der Waals surface area (Å²) in [4.78, 5) is 15.2. The number of hydrogen-bond acceptors (Lipinski definition) is 4. The van der Waals surface area contributed by atoms with Crippen molar-refractivity contribution in [1.82, 2.24) is 10.2 Å². The van der Waals surface area contributed by atoms with E-state index in [2.05, 4.69) is 41.4 Å². The van der Waals surface area contributed by atoms with Crippen molar-refractivity contribution in [2.24, 2.45) is 0 Å². The van der Waals surface area contributed by atoms with Crippen LogP contribution in [-0.2, 0) is 13.0 Å². The second-order valence-electron chi connectivity index (χ2n) is 7.29. The molecule has 29 heavy (non-hydrogen) atoms. The van der Waals surface area contributed by atoms with Gasteiger partial charge in [-0.05, 0) is 56.0 Å². The Hall–Kier alpha value is -2.53. The molecule has 2 aromatic rings. The number of fused-ring (bicyclic) bond motifs is 1. The van der Waals surface area contributed by atoms with E-state index in [0.717, 1.165) is 25.9 Å². The van der Waals surface area contributed by atoms with Gasteiger partial charge < -0.3 is 14.8 Å². The number of hydrogen-bond donors (Lipinski definition) is 1. The lowest BCUT2D eigenvalue weighted by molar-refractivity contribution is 0.0925. The van der Waals surface area contributed by atoms with Crippen molar-refractivity contribution in [1.29, 1.82) is 0 Å². The first kappa shape index (κ1) is 21.2. The van der Waals surface area contributed by atoms with Gasteiger partial charge in [0.1, 0.15) is 0 Å². The normalized spacial score (nSPS) is 14.7. The van der Waals surface area contributed by atoms with E-state index in [-0.39, 0.29) is 5.91 Å². The van der Waals surface area contributed by atoms with Crippen molar-refractivity contribution in [3.05, 3.63) is 59.2 Å². The van der Waals surface area contributed by atoms with Gasteiger partial charge in [0, 0.05) is 31.2 Å². The molecule has 1 unspecified atom stereocenters. The summed E-state index contributed by atoms with van der Waals surface area (Å²) in [6.45, 7) is 9.73. The van der Waals surface area contributed by atoms with Crippen LogP contribution >= 0.6 is 0 Å². The van der Waals surface area contributed by atoms with Crippen molar-refractivity contribution in [2.75, 3.05) is 26.3 Å². The molecule has 0 aromatic heterocycles. The summed E-state index contributed by atoms with van der Waals surface area (Å²) in [5, 5.41) is 3.12. The van der Waals surface area contributed by atoms with E-state index < -0.39 is 0 Å². The molecule has 0 radical (unpaired) electrons. The summed E-state index contributed by atoms with van der Waals surface area (Å²) in [7, 11) is 0. The lowest BCUT2D eigenvalue weighted by atomic mass is 9.98. The molecule has 0 aliphatic carbocycles. The molecule has 0 saturated heterocycles. The van der Waals surface area contributed by atoms with Crippen LogP contribution in [0.15, 0.2) is 42.5 Å². The van der Waals surface area contributed by atoms with Gasteiger partial charge in [0.25, 0.3) is 5.91 Å². The second-order valence-corrected chi connectivity index (χ2v) is 7.29. The van der Waals surface area contributed by atoms with Crippen LogP contribution in [0.1, 0.15) is 48.7 Å². The van der Waals surface area contributed by atoms with E-state index in [1.807, 2.05) is 19.9 Å². The van der Waals surface area contributed by atoms with Crippen molar-refractivity contribution >= 4 is 5.91 Å². The maximum Gasteiger partial charge on any atom is 0.251 e. The lowest BCUT2D eigenvalue weighted by Gasteiger charge is -2.35. The summed E-state index contributed by atoms with van der Waals surface area (Å²) in [5.74, 6) is 1.20. The fourth-order valence-corrected chi connectivity index (χ4v) is 3.87. The summed E-state index contributed by atoms with van der Waals surface area (Å²) < 4.78 is 11.2. The predicted molar refractivity (Wildman–Crippen MR) is 116 cm³/mol. The van der Waals surface area contributed by atoms with Crippen LogP contribution in [0.25, 0.3) is 0 Å². The Balaban J connectivity index is 1.62. The van der Waals surface area contributed by atoms with Gasteiger partial charge in [-0.2, -0.15) is 0 Å². The molecular weight excluding hydrogens is 364 g/mol. The molecule has 1 aliphatic heterocycles. The van der Waals surface area contributed by atoms with Crippen LogP contribution in [0.2, 0.25) is 0 Å². The Labute approximate surface area is 174 Å². The molecule has 1 N–H and O–H groups in total. The number of carbonyl (C=O) groups excluding carboxylic acids is 1. The molecule has 1 amide bonds. The van der Waals surface area contributed by atoms with E-state index in [0.29, 0.717) is 42.9 Å². The van der Waals surface area contributed by atoms with Gasteiger partial charge in [-0.3, -0.25) is 9.69 Å². The van der Waals surface area contributed by atoms with E-state index in [1.54, 1.807) is 12.1 Å². The summed E-state index contributed by atoms with van der Waals surface area (Å²) >= 11 is 0. The molecule has 5 heteroatoms. The van der Waals surface area contributed by atoms with Gasteiger partial charge in [-0.15, -0.1) is 0 Å². The van der Waals surface area contributed by atoms with Crippen LogP contribution in [0.3, 0.4) is 0 Å². The van der Waals surface area contributed by atoms with Gasteiger partial charge in [0.2, 0.25) is 0 Å². The van der Waals surface area contributed by atoms with E-state index in [1.165, 1.54) is 11.1 Å². The number of benzene rings is 2. The minimum atomic E-state index is -0.0788. The molecule has 156 valence electrons. The first-order valence-corrected chi connectivity index (χ1v) is 10.6. The van der Waals surface area contributed by atoms with Crippen molar-refractivity contribution < 1.29 is 14.3 Å². The zero-order chi connectivity index (χ0) is 20.6. The average Bonchev–Trinajstić information content (AvgIpc) is 2.75. The van der Waals surface area contributed by atoms with Crippen LogP contribution in [-0.4, -0.2) is 43.2 Å². The second kappa shape index (κ2) is 10.3. The molecule has 1 aliphatic rings. The number of nitrogens with one attached hydrogen (secondary N) is 1. The predicted octanol–water partition coefficient (Wildman–Crippen LogP) is 4.05.